The number of amides is 1. The average Bonchev–Trinajstić information content (AvgIpc) is 2.48. The van der Waals surface area contributed by atoms with Crippen LogP contribution in [0.3, 0.4) is 0 Å². The number of hydrogen-bond acceptors (Lipinski definition) is 3. The van der Waals surface area contributed by atoms with Gasteiger partial charge in [-0.05, 0) is 30.0 Å². The average molecular weight is 429 g/mol. The molecule has 0 aliphatic heterocycles. The SMILES string of the molecule is CC(C)C(NC(=O)CN(c1cc(C(F)(F)F)ccc1Cl)S(C)(=O)=O)C(C)C. The highest BCUT2D eigenvalue weighted by Gasteiger charge is 2.33. The third-order valence-corrected chi connectivity index (χ3v) is 5.44. The van der Waals surface area contributed by atoms with Crippen LogP contribution in [-0.4, -0.2) is 33.2 Å². The van der Waals surface area contributed by atoms with Crippen molar-refractivity contribution in [2.45, 2.75) is 39.9 Å². The Morgan fingerprint density at radius 1 is 1.19 bits per heavy atom. The highest BCUT2D eigenvalue weighted by atomic mass is 35.5. The predicted molar refractivity (Wildman–Crippen MR) is 100 cm³/mol. The number of rotatable bonds is 7. The molecule has 1 rings (SSSR count). The lowest BCUT2D eigenvalue weighted by Crippen LogP contribution is -2.47. The van der Waals surface area contributed by atoms with E-state index in [4.69, 9.17) is 11.6 Å². The minimum absolute atomic E-state index is 0.0952. The van der Waals surface area contributed by atoms with Gasteiger partial charge in [-0.2, -0.15) is 13.2 Å². The van der Waals surface area contributed by atoms with E-state index in [1.165, 1.54) is 0 Å². The summed E-state index contributed by atoms with van der Waals surface area (Å²) in [6, 6.07) is 2.12. The molecule has 0 spiro atoms. The Bertz CT molecular complexity index is 772. The van der Waals surface area contributed by atoms with Gasteiger partial charge in [-0.25, -0.2) is 8.42 Å². The van der Waals surface area contributed by atoms with Crippen LogP contribution >= 0.6 is 11.6 Å². The highest BCUT2D eigenvalue weighted by molar-refractivity contribution is 7.92. The molecule has 0 aromatic heterocycles. The number of hydrogen-bond donors (Lipinski definition) is 1. The number of anilines is 1. The van der Waals surface area contributed by atoms with Crippen molar-refractivity contribution >= 4 is 33.2 Å². The van der Waals surface area contributed by atoms with Crippen LogP contribution in [0.5, 0.6) is 0 Å². The van der Waals surface area contributed by atoms with Crippen molar-refractivity contribution in [2.24, 2.45) is 11.8 Å². The highest BCUT2D eigenvalue weighted by Crippen LogP contribution is 2.36. The Balaban J connectivity index is 3.24. The first-order valence-electron chi connectivity index (χ1n) is 8.28. The molecule has 10 heteroatoms. The third kappa shape index (κ3) is 6.57. The maximum Gasteiger partial charge on any atom is 0.416 e. The summed E-state index contributed by atoms with van der Waals surface area (Å²) >= 11 is 5.93. The Hall–Kier alpha value is -1.48. The van der Waals surface area contributed by atoms with E-state index in [-0.39, 0.29) is 22.9 Å². The molecule has 154 valence electrons. The van der Waals surface area contributed by atoms with Gasteiger partial charge in [0.1, 0.15) is 6.54 Å². The molecule has 0 unspecified atom stereocenters. The normalized spacial score (nSPS) is 12.7. The molecule has 1 aromatic rings. The minimum Gasteiger partial charge on any atom is -0.351 e. The van der Waals surface area contributed by atoms with Crippen LogP contribution in [0, 0.1) is 11.8 Å². The van der Waals surface area contributed by atoms with E-state index >= 15 is 0 Å². The summed E-state index contributed by atoms with van der Waals surface area (Å²) in [5.74, 6) is -0.433. The zero-order valence-electron chi connectivity index (χ0n) is 15.8. The van der Waals surface area contributed by atoms with Gasteiger partial charge in [-0.1, -0.05) is 39.3 Å². The van der Waals surface area contributed by atoms with Crippen molar-refractivity contribution < 1.29 is 26.4 Å². The number of carbonyl (C=O) groups is 1. The molecule has 0 saturated heterocycles. The Morgan fingerprint density at radius 3 is 2.11 bits per heavy atom. The summed E-state index contributed by atoms with van der Waals surface area (Å²) in [7, 11) is -4.05. The molecule has 0 heterocycles. The summed E-state index contributed by atoms with van der Waals surface area (Å²) in [6.45, 7) is 6.95. The zero-order chi connectivity index (χ0) is 21.2. The number of alkyl halides is 3. The Labute approximate surface area is 162 Å². The van der Waals surface area contributed by atoms with Crippen molar-refractivity contribution in [2.75, 3.05) is 17.1 Å². The lowest BCUT2D eigenvalue weighted by atomic mass is 9.93. The van der Waals surface area contributed by atoms with E-state index in [0.29, 0.717) is 10.4 Å². The van der Waals surface area contributed by atoms with E-state index in [1.54, 1.807) is 0 Å². The number of sulfonamides is 1. The molecule has 0 aliphatic carbocycles. The van der Waals surface area contributed by atoms with Gasteiger partial charge < -0.3 is 5.32 Å². The molecule has 1 N–H and O–H groups in total. The van der Waals surface area contributed by atoms with E-state index in [1.807, 2.05) is 27.7 Å². The number of nitrogens with zero attached hydrogens (tertiary/aromatic N) is 1. The third-order valence-electron chi connectivity index (χ3n) is 3.99. The molecule has 0 fully saturated rings. The van der Waals surface area contributed by atoms with Crippen LogP contribution in [0.1, 0.15) is 33.3 Å². The molecule has 5 nitrogen and oxygen atoms in total. The lowest BCUT2D eigenvalue weighted by Gasteiger charge is -2.28. The van der Waals surface area contributed by atoms with Crippen LogP contribution < -0.4 is 9.62 Å². The van der Waals surface area contributed by atoms with E-state index in [9.17, 15) is 26.4 Å². The second-order valence-corrected chi connectivity index (χ2v) is 9.33. The van der Waals surface area contributed by atoms with Crippen LogP contribution in [0.15, 0.2) is 18.2 Å². The van der Waals surface area contributed by atoms with Gasteiger partial charge >= 0.3 is 6.18 Å². The molecular formula is C17H24ClF3N2O3S. The maximum absolute atomic E-state index is 13.0. The topological polar surface area (TPSA) is 66.5 Å². The standard InChI is InChI=1S/C17H24ClF3N2O3S/c1-10(2)16(11(3)4)22-15(24)9-23(27(5,25)26)14-8-12(17(19,20)21)6-7-13(14)18/h6-8,10-11,16H,9H2,1-5H3,(H,22,24). The van der Waals surface area contributed by atoms with Gasteiger partial charge in [0.2, 0.25) is 15.9 Å². The molecule has 0 bridgehead atoms. The predicted octanol–water partition coefficient (Wildman–Crippen LogP) is 3.92. The fourth-order valence-electron chi connectivity index (χ4n) is 2.73. The summed E-state index contributed by atoms with van der Waals surface area (Å²) < 4.78 is 63.8. The van der Waals surface area contributed by atoms with Gasteiger partial charge in [0.25, 0.3) is 0 Å². The summed E-state index contributed by atoms with van der Waals surface area (Å²) in [4.78, 5) is 12.4. The smallest absolute Gasteiger partial charge is 0.351 e. The number of carbonyl (C=O) groups excluding carboxylic acids is 1. The number of nitrogens with one attached hydrogen (secondary N) is 1. The fourth-order valence-corrected chi connectivity index (χ4v) is 3.86. The van der Waals surface area contributed by atoms with Gasteiger partial charge in [-0.15, -0.1) is 0 Å². The van der Waals surface area contributed by atoms with Gasteiger partial charge in [-0.3, -0.25) is 9.10 Å². The molecular weight excluding hydrogens is 405 g/mol. The van der Waals surface area contributed by atoms with Crippen molar-refractivity contribution in [3.63, 3.8) is 0 Å². The summed E-state index contributed by atoms with van der Waals surface area (Å²) in [5, 5.41) is 2.54. The molecule has 0 atom stereocenters. The lowest BCUT2D eigenvalue weighted by molar-refractivity contribution is -0.137. The summed E-state index contributed by atoms with van der Waals surface area (Å²) in [6.07, 6.45) is -3.87. The van der Waals surface area contributed by atoms with Gasteiger partial charge in [0.05, 0.1) is 22.5 Å². The molecule has 1 amide bonds. The van der Waals surface area contributed by atoms with Gasteiger partial charge in [0, 0.05) is 6.04 Å². The fraction of sp³-hybridized carbons (Fsp3) is 0.588. The van der Waals surface area contributed by atoms with Crippen LogP contribution in [0.2, 0.25) is 5.02 Å². The van der Waals surface area contributed by atoms with Crippen LogP contribution in [0.25, 0.3) is 0 Å². The van der Waals surface area contributed by atoms with Crippen LogP contribution in [-0.2, 0) is 21.0 Å². The van der Waals surface area contributed by atoms with Gasteiger partial charge in [0.15, 0.2) is 0 Å². The first-order valence-corrected chi connectivity index (χ1v) is 10.5. The maximum atomic E-state index is 13.0. The molecule has 0 radical (unpaired) electrons. The Morgan fingerprint density at radius 2 is 1.70 bits per heavy atom. The number of halogens is 4. The minimum atomic E-state index is -4.68. The monoisotopic (exact) mass is 428 g/mol. The first-order chi connectivity index (χ1) is 12.1. The molecule has 27 heavy (non-hydrogen) atoms. The molecule has 1 aromatic carbocycles. The largest absolute Gasteiger partial charge is 0.416 e. The van der Waals surface area contributed by atoms with Crippen molar-refractivity contribution in [3.8, 4) is 0 Å². The van der Waals surface area contributed by atoms with Crippen molar-refractivity contribution in [1.29, 1.82) is 0 Å². The molecule has 0 saturated carbocycles. The zero-order valence-corrected chi connectivity index (χ0v) is 17.3. The quantitative estimate of drug-likeness (QED) is 0.715. The summed E-state index contributed by atoms with van der Waals surface area (Å²) in [5.41, 5.74) is -1.45. The molecule has 0 aliphatic rings. The first kappa shape index (κ1) is 23.6. The van der Waals surface area contributed by atoms with Crippen molar-refractivity contribution in [3.05, 3.63) is 28.8 Å². The van der Waals surface area contributed by atoms with E-state index < -0.39 is 39.9 Å². The second-order valence-electron chi connectivity index (χ2n) is 7.01. The van der Waals surface area contributed by atoms with Crippen LogP contribution in [0.4, 0.5) is 18.9 Å². The van der Waals surface area contributed by atoms with E-state index in [2.05, 4.69) is 5.32 Å². The Kier molecular flexibility index (Phi) is 7.58. The van der Waals surface area contributed by atoms with E-state index in [0.717, 1.165) is 18.4 Å². The van der Waals surface area contributed by atoms with Crippen molar-refractivity contribution in [1.82, 2.24) is 5.32 Å². The number of benzene rings is 1. The second kappa shape index (κ2) is 8.68.